The molecule has 5 rings (SSSR count). The molecule has 1 aliphatic heterocycles. The molecule has 1 heterocycles. The number of carbonyl (C=O) groups is 2. The molecule has 0 spiro atoms. The van der Waals surface area contributed by atoms with Gasteiger partial charge in [0.05, 0.1) is 25.6 Å². The van der Waals surface area contributed by atoms with E-state index in [0.717, 1.165) is 11.1 Å². The van der Waals surface area contributed by atoms with Gasteiger partial charge in [0.1, 0.15) is 11.5 Å². The van der Waals surface area contributed by atoms with E-state index in [-0.39, 0.29) is 11.8 Å². The van der Waals surface area contributed by atoms with Gasteiger partial charge in [-0.3, -0.25) is 9.59 Å². The molecule has 0 aromatic heterocycles. The zero-order chi connectivity index (χ0) is 30.7. The molecule has 2 N–H and O–H groups in total. The normalized spacial score (nSPS) is 16.5. The van der Waals surface area contributed by atoms with Crippen molar-refractivity contribution < 1.29 is 28.5 Å². The molecular weight excluding hydrogens is 607 g/mol. The molecule has 1 aliphatic rings. The summed E-state index contributed by atoms with van der Waals surface area (Å²) >= 11 is 11.7. The summed E-state index contributed by atoms with van der Waals surface area (Å²) in [7, 11) is 0. The van der Waals surface area contributed by atoms with Gasteiger partial charge in [0.25, 0.3) is 24.4 Å². The number of ether oxygens (including phenoxy) is 4. The van der Waals surface area contributed by atoms with Gasteiger partial charge in [-0.05, 0) is 83.9 Å². The van der Waals surface area contributed by atoms with E-state index < -0.39 is 12.6 Å². The highest BCUT2D eigenvalue weighted by molar-refractivity contribution is 6.30. The van der Waals surface area contributed by atoms with Crippen molar-refractivity contribution in [1.82, 2.24) is 10.9 Å². The van der Waals surface area contributed by atoms with Crippen LogP contribution in [-0.4, -0.2) is 50.0 Å². The Balaban J connectivity index is 1.12. The first-order valence-corrected chi connectivity index (χ1v) is 14.1. The number of rotatable bonds is 10. The Bertz CT molecular complexity index is 1490. The number of hydrogen-bond acceptors (Lipinski definition) is 8. The smallest absolute Gasteiger partial charge is 0.271 e. The Hall–Kier alpha value is -4.74. The van der Waals surface area contributed by atoms with Gasteiger partial charge in [0.2, 0.25) is 0 Å². The molecule has 2 amide bonds. The van der Waals surface area contributed by atoms with E-state index in [9.17, 15) is 9.59 Å². The summed E-state index contributed by atoms with van der Waals surface area (Å²) in [5.41, 5.74) is 7.33. The van der Waals surface area contributed by atoms with Crippen LogP contribution >= 0.6 is 23.2 Å². The number of amides is 2. The van der Waals surface area contributed by atoms with Crippen LogP contribution in [0.1, 0.15) is 31.8 Å². The first-order chi connectivity index (χ1) is 21.4. The molecule has 0 radical (unpaired) electrons. The Morgan fingerprint density at radius 2 is 0.977 bits per heavy atom. The number of hydrazone groups is 2. The van der Waals surface area contributed by atoms with E-state index in [1.807, 2.05) is 0 Å². The summed E-state index contributed by atoms with van der Waals surface area (Å²) in [6.07, 6.45) is 1.29. The highest BCUT2D eigenvalue weighted by atomic mass is 35.5. The second-order valence-electron chi connectivity index (χ2n) is 9.26. The molecule has 2 unspecified atom stereocenters. The van der Waals surface area contributed by atoms with Crippen molar-refractivity contribution in [3.8, 4) is 11.5 Å². The largest absolute Gasteiger partial charge is 0.458 e. The van der Waals surface area contributed by atoms with E-state index in [2.05, 4.69) is 21.1 Å². The number of hydrogen-bond donors (Lipinski definition) is 2. The molecule has 0 aliphatic carbocycles. The number of carbonyl (C=O) groups excluding carboxylic acids is 2. The Kier molecular flexibility index (Phi) is 10.6. The van der Waals surface area contributed by atoms with E-state index in [1.54, 1.807) is 97.1 Å². The highest BCUT2D eigenvalue weighted by Crippen LogP contribution is 2.22. The summed E-state index contributed by atoms with van der Waals surface area (Å²) < 4.78 is 23.3. The quantitative estimate of drug-likeness (QED) is 0.171. The third kappa shape index (κ3) is 8.88. The predicted molar refractivity (Wildman–Crippen MR) is 167 cm³/mol. The average Bonchev–Trinajstić information content (AvgIpc) is 3.04. The lowest BCUT2D eigenvalue weighted by atomic mass is 10.2. The number of benzene rings is 4. The third-order valence-electron chi connectivity index (χ3n) is 6.11. The van der Waals surface area contributed by atoms with Crippen molar-refractivity contribution in [2.24, 2.45) is 10.2 Å². The maximum Gasteiger partial charge on any atom is 0.271 e. The van der Waals surface area contributed by atoms with Crippen LogP contribution in [0.3, 0.4) is 0 Å². The van der Waals surface area contributed by atoms with Gasteiger partial charge >= 0.3 is 0 Å². The second kappa shape index (κ2) is 15.1. The maximum atomic E-state index is 12.4. The summed E-state index contributed by atoms with van der Waals surface area (Å²) in [6.45, 7) is 0.624. The molecule has 4 aromatic carbocycles. The number of nitrogens with zero attached hydrogens (tertiary/aromatic N) is 2. The van der Waals surface area contributed by atoms with Crippen molar-refractivity contribution in [3.63, 3.8) is 0 Å². The summed E-state index contributed by atoms with van der Waals surface area (Å²) in [6, 6.07) is 27.0. The maximum absolute atomic E-state index is 12.4. The summed E-state index contributed by atoms with van der Waals surface area (Å²) in [4.78, 5) is 24.9. The van der Waals surface area contributed by atoms with E-state index in [4.69, 9.17) is 42.1 Å². The van der Waals surface area contributed by atoms with Crippen LogP contribution in [0.25, 0.3) is 0 Å². The molecule has 224 valence electrons. The first-order valence-electron chi connectivity index (χ1n) is 13.4. The van der Waals surface area contributed by atoms with Crippen molar-refractivity contribution in [3.05, 3.63) is 129 Å². The van der Waals surface area contributed by atoms with Crippen LogP contribution in [0, 0.1) is 0 Å². The van der Waals surface area contributed by atoms with Crippen molar-refractivity contribution >= 4 is 47.4 Å². The van der Waals surface area contributed by atoms with Crippen molar-refractivity contribution in [2.45, 2.75) is 12.6 Å². The minimum Gasteiger partial charge on any atom is -0.458 e. The lowest BCUT2D eigenvalue weighted by Crippen LogP contribution is -2.45. The standard InChI is InChI=1S/C32H26Cl2N4O6/c33-25-9-1-21(2-10-25)19-35-37-29(39)23-5-13-27(14-6-23)43-31-32(42-18-17-41-31)44-28-15-7-24(8-16-28)30(40)38-36-20-22-3-11-26(34)12-4-22/h1-16,19-20,31-32H,17-18H2,(H,37,39)(H,38,40)/b35-19+,36-20+. The van der Waals surface area contributed by atoms with Crippen LogP contribution in [0.4, 0.5) is 0 Å². The fourth-order valence-electron chi connectivity index (χ4n) is 3.86. The fraction of sp³-hybridized carbons (Fsp3) is 0.125. The van der Waals surface area contributed by atoms with Crippen LogP contribution in [0.15, 0.2) is 107 Å². The van der Waals surface area contributed by atoms with Gasteiger partial charge in [-0.2, -0.15) is 10.2 Å². The molecule has 1 saturated heterocycles. The van der Waals surface area contributed by atoms with Crippen LogP contribution in [-0.2, 0) is 9.47 Å². The lowest BCUT2D eigenvalue weighted by Gasteiger charge is -2.31. The predicted octanol–water partition coefficient (Wildman–Crippen LogP) is 5.68. The van der Waals surface area contributed by atoms with Crippen LogP contribution in [0.5, 0.6) is 11.5 Å². The summed E-state index contributed by atoms with van der Waals surface area (Å²) in [5.74, 6) is 0.124. The Labute approximate surface area is 263 Å². The van der Waals surface area contributed by atoms with Gasteiger partial charge in [0.15, 0.2) is 0 Å². The number of halogens is 2. The van der Waals surface area contributed by atoms with Gasteiger partial charge < -0.3 is 18.9 Å². The van der Waals surface area contributed by atoms with Crippen molar-refractivity contribution in [2.75, 3.05) is 13.2 Å². The van der Waals surface area contributed by atoms with Gasteiger partial charge in [-0.1, -0.05) is 47.5 Å². The van der Waals surface area contributed by atoms with Crippen LogP contribution < -0.4 is 20.3 Å². The molecule has 2 atom stereocenters. The van der Waals surface area contributed by atoms with Gasteiger partial charge in [0, 0.05) is 21.2 Å². The molecule has 0 saturated carbocycles. The van der Waals surface area contributed by atoms with E-state index in [0.29, 0.717) is 45.9 Å². The topological polar surface area (TPSA) is 120 Å². The molecule has 0 bridgehead atoms. The van der Waals surface area contributed by atoms with E-state index >= 15 is 0 Å². The summed E-state index contributed by atoms with van der Waals surface area (Å²) in [5, 5.41) is 9.17. The minimum atomic E-state index is -0.877. The van der Waals surface area contributed by atoms with Crippen LogP contribution in [0.2, 0.25) is 10.0 Å². The third-order valence-corrected chi connectivity index (χ3v) is 6.61. The molecule has 44 heavy (non-hydrogen) atoms. The van der Waals surface area contributed by atoms with Gasteiger partial charge in [-0.25, -0.2) is 10.9 Å². The van der Waals surface area contributed by atoms with E-state index in [1.165, 1.54) is 12.4 Å². The lowest BCUT2D eigenvalue weighted by molar-refractivity contribution is -0.271. The SMILES string of the molecule is O=C(N/N=C/c1ccc(Cl)cc1)c1ccc(OC2OCCOC2Oc2ccc(C(=O)N/N=C/c3ccc(Cl)cc3)cc2)cc1. The van der Waals surface area contributed by atoms with Crippen molar-refractivity contribution in [1.29, 1.82) is 0 Å². The fourth-order valence-corrected chi connectivity index (χ4v) is 4.11. The monoisotopic (exact) mass is 632 g/mol. The molecule has 12 heteroatoms. The molecule has 10 nitrogen and oxygen atoms in total. The zero-order valence-electron chi connectivity index (χ0n) is 23.1. The average molecular weight is 633 g/mol. The Morgan fingerprint density at radius 3 is 1.34 bits per heavy atom. The second-order valence-corrected chi connectivity index (χ2v) is 10.1. The molecular formula is C32H26Cl2N4O6. The zero-order valence-corrected chi connectivity index (χ0v) is 24.6. The number of nitrogens with one attached hydrogen (secondary N) is 2. The molecule has 1 fully saturated rings. The highest BCUT2D eigenvalue weighted by Gasteiger charge is 2.31. The Morgan fingerprint density at radius 1 is 0.614 bits per heavy atom. The first kappa shape index (κ1) is 30.7. The molecule has 4 aromatic rings. The minimum absolute atomic E-state index is 0.312. The van der Waals surface area contributed by atoms with Gasteiger partial charge in [-0.15, -0.1) is 0 Å².